The number of carbonyl (C=O) groups is 1. The zero-order valence-electron chi connectivity index (χ0n) is 15.7. The van der Waals surface area contributed by atoms with E-state index in [0.29, 0.717) is 21.9 Å². The second-order valence-electron chi connectivity index (χ2n) is 7.96. The summed E-state index contributed by atoms with van der Waals surface area (Å²) in [6.45, 7) is 4.17. The van der Waals surface area contributed by atoms with Crippen LogP contribution < -0.4 is 0 Å². The van der Waals surface area contributed by atoms with Crippen molar-refractivity contribution in [3.8, 4) is 0 Å². The Hall–Kier alpha value is -0.740. The summed E-state index contributed by atoms with van der Waals surface area (Å²) in [7, 11) is 0. The van der Waals surface area contributed by atoms with Crippen molar-refractivity contribution in [2.75, 3.05) is 0 Å². The van der Waals surface area contributed by atoms with Gasteiger partial charge in [-0.05, 0) is 75.9 Å². The Morgan fingerprint density at radius 2 is 1.93 bits per heavy atom. The Kier molecular flexibility index (Phi) is 4.84. The van der Waals surface area contributed by atoms with E-state index in [-0.39, 0.29) is 5.91 Å². The topological polar surface area (TPSA) is 61.4 Å². The molecule has 3 aliphatic heterocycles. The van der Waals surface area contributed by atoms with Gasteiger partial charge in [-0.15, -0.1) is 0 Å². The van der Waals surface area contributed by atoms with E-state index in [9.17, 15) is 4.79 Å². The minimum Gasteiger partial charge on any atom is -0.335 e. The first kappa shape index (κ1) is 21.1. The van der Waals surface area contributed by atoms with Crippen molar-refractivity contribution in [2.24, 2.45) is 4.99 Å². The van der Waals surface area contributed by atoms with Crippen molar-refractivity contribution >= 4 is 97.7 Å². The van der Waals surface area contributed by atoms with Crippen LogP contribution in [0.1, 0.15) is 37.2 Å². The number of imidazole rings is 1. The molecule has 1 fully saturated rings. The molecule has 1 N–H and O–H groups in total. The predicted octanol–water partition coefficient (Wildman–Crippen LogP) is 7.06. The Labute approximate surface area is 211 Å². The van der Waals surface area contributed by atoms with Gasteiger partial charge < -0.3 is 9.88 Å². The number of benzene rings is 1. The Morgan fingerprint density at radius 3 is 2.63 bits per heavy atom. The normalized spacial score (nSPS) is 24.8. The number of aromatic nitrogens is 2. The molecule has 2 aromatic rings. The molecule has 0 bridgehead atoms. The summed E-state index contributed by atoms with van der Waals surface area (Å²) in [5.41, 5.74) is 2.92. The lowest BCUT2D eigenvalue weighted by Gasteiger charge is -2.49. The smallest absolute Gasteiger partial charge is 0.230 e. The van der Waals surface area contributed by atoms with Crippen molar-refractivity contribution in [3.63, 3.8) is 0 Å². The number of halogens is 5. The SMILES string of the molecule is CC1(C)/C=C\C2=Nc3cc(Br)c(Br)c(Br)c3C23CC(=O)N3C=C(Cl)c2nc(Br)[nH]c21. The van der Waals surface area contributed by atoms with Gasteiger partial charge in [0.1, 0.15) is 11.2 Å². The number of allylic oxidation sites excluding steroid dienone is 1. The number of rotatable bonds is 0. The third kappa shape index (κ3) is 2.78. The molecule has 1 atom stereocenters. The molecular weight excluding hydrogens is 667 g/mol. The van der Waals surface area contributed by atoms with Gasteiger partial charge in [0, 0.05) is 30.6 Å². The lowest BCUT2D eigenvalue weighted by atomic mass is 9.74. The summed E-state index contributed by atoms with van der Waals surface area (Å²) in [5.74, 6) is -0.0240. The number of amides is 1. The van der Waals surface area contributed by atoms with Gasteiger partial charge in [-0.2, -0.15) is 0 Å². The standard InChI is InChI=1S/C20H13Br4ClN4O/c1-19(2)4-3-11-20(13-10(26-11)5-8(21)14(22)15(13)23)6-12(30)29(20)7-9(25)16-17(19)28-18(24)27-16/h3-5,7H,6H2,1-2H3,(H,27,28)/b4-3-,9-7?. The Bertz CT molecular complexity index is 1250. The second kappa shape index (κ2) is 6.88. The number of hydrogen-bond donors (Lipinski definition) is 1. The summed E-state index contributed by atoms with van der Waals surface area (Å²) in [6.07, 6.45) is 6.09. The molecule has 0 saturated carbocycles. The number of β-lactam (4-membered cyclic amide) rings is 1. The number of carbonyl (C=O) groups excluding carboxylic acids is 1. The predicted molar refractivity (Wildman–Crippen MR) is 132 cm³/mol. The minimum absolute atomic E-state index is 0.0240. The van der Waals surface area contributed by atoms with Gasteiger partial charge in [-0.1, -0.05) is 31.5 Å². The number of fused-ring (bicyclic) bond motifs is 2. The van der Waals surface area contributed by atoms with Crippen LogP contribution in [0, 0.1) is 0 Å². The van der Waals surface area contributed by atoms with Gasteiger partial charge in [0.2, 0.25) is 5.91 Å². The summed E-state index contributed by atoms with van der Waals surface area (Å²) in [5, 5.41) is 0.392. The first-order chi connectivity index (χ1) is 14.1. The van der Waals surface area contributed by atoms with Crippen molar-refractivity contribution in [3.05, 3.63) is 59.5 Å². The first-order valence-electron chi connectivity index (χ1n) is 8.98. The maximum absolute atomic E-state index is 12.8. The molecule has 1 amide bonds. The molecule has 5 rings (SSSR count). The largest absolute Gasteiger partial charge is 0.335 e. The maximum Gasteiger partial charge on any atom is 0.230 e. The third-order valence-corrected chi connectivity index (χ3v) is 9.71. The van der Waals surface area contributed by atoms with Crippen molar-refractivity contribution in [2.45, 2.75) is 31.2 Å². The van der Waals surface area contributed by atoms with Crippen molar-refractivity contribution in [1.29, 1.82) is 0 Å². The van der Waals surface area contributed by atoms with Crippen LogP contribution in [0.3, 0.4) is 0 Å². The van der Waals surface area contributed by atoms with Gasteiger partial charge in [0.25, 0.3) is 0 Å². The average molecular weight is 680 g/mol. The highest BCUT2D eigenvalue weighted by molar-refractivity contribution is 9.14. The molecule has 30 heavy (non-hydrogen) atoms. The molecule has 5 nitrogen and oxygen atoms in total. The highest BCUT2D eigenvalue weighted by Gasteiger charge is 2.59. The fourth-order valence-corrected chi connectivity index (χ4v) is 6.58. The number of hydrogen-bond acceptors (Lipinski definition) is 3. The maximum atomic E-state index is 12.8. The van der Waals surface area contributed by atoms with Gasteiger partial charge in [-0.25, -0.2) is 4.98 Å². The molecule has 1 aromatic carbocycles. The molecule has 10 heteroatoms. The summed E-state index contributed by atoms with van der Waals surface area (Å²) in [6, 6.07) is 1.96. The molecule has 1 spiro atoms. The van der Waals surface area contributed by atoms with Crippen LogP contribution in [0.2, 0.25) is 0 Å². The average Bonchev–Trinajstić information content (AvgIpc) is 3.22. The van der Waals surface area contributed by atoms with Crippen LogP contribution in [-0.2, 0) is 15.7 Å². The van der Waals surface area contributed by atoms with Gasteiger partial charge >= 0.3 is 0 Å². The van der Waals surface area contributed by atoms with E-state index >= 15 is 0 Å². The highest BCUT2D eigenvalue weighted by atomic mass is 79.9. The van der Waals surface area contributed by atoms with Crippen molar-refractivity contribution in [1.82, 2.24) is 14.9 Å². The number of aromatic amines is 1. The number of H-pyrrole nitrogens is 1. The fourth-order valence-electron chi connectivity index (χ4n) is 4.23. The van der Waals surface area contributed by atoms with Gasteiger partial charge in [0.05, 0.1) is 28.5 Å². The molecular formula is C20H13Br4ClN4O. The Morgan fingerprint density at radius 1 is 1.20 bits per heavy atom. The highest BCUT2D eigenvalue weighted by Crippen LogP contribution is 2.57. The van der Waals surface area contributed by atoms with Crippen LogP contribution in [0.25, 0.3) is 5.03 Å². The monoisotopic (exact) mass is 676 g/mol. The zero-order chi connectivity index (χ0) is 21.6. The van der Waals surface area contributed by atoms with Crippen LogP contribution in [0.5, 0.6) is 0 Å². The lowest BCUT2D eigenvalue weighted by Crippen LogP contribution is -2.61. The molecule has 1 aromatic heterocycles. The van der Waals surface area contributed by atoms with Crippen molar-refractivity contribution < 1.29 is 4.79 Å². The number of aliphatic imine (C=N–C) groups is 1. The molecule has 1 unspecified atom stereocenters. The minimum atomic E-state index is -0.716. The van der Waals surface area contributed by atoms with Gasteiger partial charge in [0.15, 0.2) is 4.73 Å². The van der Waals surface area contributed by atoms with E-state index in [1.807, 2.05) is 12.1 Å². The molecule has 0 radical (unpaired) electrons. The van der Waals surface area contributed by atoms with Crippen LogP contribution in [0.15, 0.2) is 47.6 Å². The van der Waals surface area contributed by atoms with E-state index < -0.39 is 11.0 Å². The Balaban J connectivity index is 1.82. The summed E-state index contributed by atoms with van der Waals surface area (Å²) in [4.78, 5) is 27.2. The van der Waals surface area contributed by atoms with Crippen LogP contribution >= 0.6 is 75.3 Å². The van der Waals surface area contributed by atoms with E-state index in [1.54, 1.807) is 11.1 Å². The second-order valence-corrected chi connectivity index (χ2v) is 11.6. The van der Waals surface area contributed by atoms with E-state index in [2.05, 4.69) is 93.6 Å². The summed E-state index contributed by atoms with van der Waals surface area (Å²) < 4.78 is 3.21. The molecule has 154 valence electrons. The van der Waals surface area contributed by atoms with Crippen LogP contribution in [0.4, 0.5) is 5.69 Å². The van der Waals surface area contributed by atoms with E-state index in [4.69, 9.17) is 16.6 Å². The van der Waals surface area contributed by atoms with Gasteiger partial charge in [-0.3, -0.25) is 9.79 Å². The zero-order valence-corrected chi connectivity index (χ0v) is 22.8. The first-order valence-corrected chi connectivity index (χ1v) is 12.5. The molecule has 3 aliphatic rings. The molecule has 1 saturated heterocycles. The molecule has 0 aliphatic carbocycles. The third-order valence-electron chi connectivity index (χ3n) is 5.75. The number of nitrogens with one attached hydrogen (secondary N) is 1. The fraction of sp³-hybridized carbons (Fsp3) is 0.250. The van der Waals surface area contributed by atoms with Crippen LogP contribution in [-0.4, -0.2) is 26.5 Å². The molecule has 4 heterocycles. The summed E-state index contributed by atoms with van der Waals surface area (Å²) >= 11 is 21.1. The van der Waals surface area contributed by atoms with E-state index in [1.165, 1.54) is 0 Å². The number of nitrogens with zero attached hydrogens (tertiary/aromatic N) is 3. The quantitative estimate of drug-likeness (QED) is 0.240. The van der Waals surface area contributed by atoms with E-state index in [0.717, 1.165) is 36.1 Å². The lowest BCUT2D eigenvalue weighted by molar-refractivity contribution is -0.145.